The third-order valence-electron chi connectivity index (χ3n) is 3.87. The van der Waals surface area contributed by atoms with Crippen LogP contribution < -0.4 is 10.1 Å². The fourth-order valence-corrected chi connectivity index (χ4v) is 5.20. The predicted molar refractivity (Wildman–Crippen MR) is 93.3 cm³/mol. The zero-order chi connectivity index (χ0) is 16.0. The summed E-state index contributed by atoms with van der Waals surface area (Å²) in [5.41, 5.74) is 1.67. The van der Waals surface area contributed by atoms with E-state index >= 15 is 0 Å². The molecule has 116 valence electrons. The quantitative estimate of drug-likeness (QED) is 0.519. The molecule has 0 unspecified atom stereocenters. The number of hydrogen-bond acceptors (Lipinski definition) is 4. The zero-order valence-electron chi connectivity index (χ0n) is 12.3. The van der Waals surface area contributed by atoms with E-state index in [0.29, 0.717) is 10.0 Å². The predicted octanol–water partition coefficient (Wildman–Crippen LogP) is 3.14. The first kappa shape index (κ1) is 14.9. The summed E-state index contributed by atoms with van der Waals surface area (Å²) in [5, 5.41) is 0.962. The lowest BCUT2D eigenvalue weighted by atomic mass is 10.1. The van der Waals surface area contributed by atoms with Crippen molar-refractivity contribution in [3.63, 3.8) is 0 Å². The minimum absolute atomic E-state index is 0.0117. The Morgan fingerprint density at radius 2 is 2.13 bits per heavy atom. The number of nitrogens with zero attached hydrogens (tertiary/aromatic N) is 3. The van der Waals surface area contributed by atoms with Crippen molar-refractivity contribution in [3.8, 4) is 11.1 Å². The van der Waals surface area contributed by atoms with Crippen LogP contribution in [0.15, 0.2) is 52.7 Å². The Bertz CT molecular complexity index is 936. The number of benzene rings is 1. The average molecular weight is 363 g/mol. The SMILES string of the molecule is C[n+]1cc(-c2ccccc2)c(=O)n2c1SC[C@@H]2c1cnc(Cl)s1. The van der Waals surface area contributed by atoms with Gasteiger partial charge >= 0.3 is 10.7 Å². The van der Waals surface area contributed by atoms with Crippen molar-refractivity contribution in [3.05, 3.63) is 62.4 Å². The van der Waals surface area contributed by atoms with E-state index in [0.717, 1.165) is 21.3 Å². The smallest absolute Gasteiger partial charge is 0.241 e. The summed E-state index contributed by atoms with van der Waals surface area (Å²) in [7, 11) is 1.98. The van der Waals surface area contributed by atoms with Gasteiger partial charge in [0.1, 0.15) is 11.8 Å². The number of aromatic nitrogens is 3. The molecule has 0 saturated carbocycles. The molecule has 23 heavy (non-hydrogen) atoms. The normalized spacial score (nSPS) is 16.5. The largest absolute Gasteiger partial charge is 0.346 e. The van der Waals surface area contributed by atoms with E-state index in [2.05, 4.69) is 4.98 Å². The van der Waals surface area contributed by atoms with Crippen LogP contribution in [0.1, 0.15) is 10.9 Å². The van der Waals surface area contributed by atoms with Gasteiger partial charge < -0.3 is 0 Å². The summed E-state index contributed by atoms with van der Waals surface area (Å²) in [6.07, 6.45) is 3.69. The van der Waals surface area contributed by atoms with Gasteiger partial charge in [0.2, 0.25) is 0 Å². The van der Waals surface area contributed by atoms with Crippen LogP contribution >= 0.6 is 34.7 Å². The lowest BCUT2D eigenvalue weighted by Crippen LogP contribution is -2.40. The van der Waals surface area contributed by atoms with Gasteiger partial charge in [-0.25, -0.2) is 14.3 Å². The topological polar surface area (TPSA) is 38.8 Å². The van der Waals surface area contributed by atoms with Crippen LogP contribution in [0.25, 0.3) is 11.1 Å². The lowest BCUT2D eigenvalue weighted by molar-refractivity contribution is -0.714. The number of thioether (sulfide) groups is 1. The molecule has 0 aliphatic carbocycles. The summed E-state index contributed by atoms with van der Waals surface area (Å²) < 4.78 is 4.41. The van der Waals surface area contributed by atoms with Crippen LogP contribution in [0.4, 0.5) is 0 Å². The van der Waals surface area contributed by atoms with E-state index in [-0.39, 0.29) is 11.6 Å². The molecule has 0 fully saturated rings. The highest BCUT2D eigenvalue weighted by molar-refractivity contribution is 7.99. The second-order valence-corrected chi connectivity index (χ2v) is 7.95. The van der Waals surface area contributed by atoms with Crippen LogP contribution in [-0.4, -0.2) is 15.3 Å². The standard InChI is InChI=1S/C16H13ClN3OS2/c1-19-8-11(10-5-3-2-4-6-10)14(21)20-12(9-22-16(19)20)13-7-18-15(17)23-13/h2-8,12H,9H2,1H3/q+1/t12-/m1/s1. The van der Waals surface area contributed by atoms with Gasteiger partial charge in [-0.1, -0.05) is 41.9 Å². The molecule has 3 aromatic rings. The Kier molecular flexibility index (Phi) is 3.75. The van der Waals surface area contributed by atoms with Crippen molar-refractivity contribution >= 4 is 34.7 Å². The molecule has 3 heterocycles. The van der Waals surface area contributed by atoms with Gasteiger partial charge in [-0.05, 0) is 17.3 Å². The Labute approximate surface area is 146 Å². The van der Waals surface area contributed by atoms with E-state index < -0.39 is 0 Å². The fourth-order valence-electron chi connectivity index (χ4n) is 2.81. The molecule has 0 N–H and O–H groups in total. The maximum Gasteiger partial charge on any atom is 0.346 e. The first-order chi connectivity index (χ1) is 11.1. The maximum absolute atomic E-state index is 13.1. The monoisotopic (exact) mass is 362 g/mol. The molecule has 0 bridgehead atoms. The molecular formula is C16H13ClN3OS2+. The number of hydrogen-bond donors (Lipinski definition) is 0. The summed E-state index contributed by atoms with van der Waals surface area (Å²) in [5.74, 6) is 0.819. The minimum Gasteiger partial charge on any atom is -0.241 e. The minimum atomic E-state index is -0.0117. The average Bonchev–Trinajstić information content (AvgIpc) is 3.18. The molecule has 1 aliphatic rings. The zero-order valence-corrected chi connectivity index (χ0v) is 14.7. The van der Waals surface area contributed by atoms with Crippen molar-refractivity contribution in [1.29, 1.82) is 0 Å². The van der Waals surface area contributed by atoms with Gasteiger partial charge in [0.15, 0.2) is 10.5 Å². The second kappa shape index (κ2) is 5.78. The Hall–Kier alpha value is -1.63. The molecule has 0 spiro atoms. The van der Waals surface area contributed by atoms with E-state index in [1.807, 2.05) is 52.7 Å². The molecule has 1 atom stereocenters. The summed E-state index contributed by atoms with van der Waals surface area (Å²) in [4.78, 5) is 18.2. The van der Waals surface area contributed by atoms with Crippen LogP contribution in [-0.2, 0) is 7.05 Å². The Balaban J connectivity index is 1.92. The molecule has 0 saturated heterocycles. The summed E-state index contributed by atoms with van der Waals surface area (Å²) in [6, 6.07) is 9.76. The fraction of sp³-hybridized carbons (Fsp3) is 0.188. The van der Waals surface area contributed by atoms with Crippen molar-refractivity contribution in [2.75, 3.05) is 5.75 Å². The molecule has 0 amide bonds. The number of aryl methyl sites for hydroxylation is 1. The lowest BCUT2D eigenvalue weighted by Gasteiger charge is -2.08. The third kappa shape index (κ3) is 2.51. The van der Waals surface area contributed by atoms with Crippen LogP contribution in [0.5, 0.6) is 0 Å². The van der Waals surface area contributed by atoms with Gasteiger partial charge in [0.25, 0.3) is 0 Å². The van der Waals surface area contributed by atoms with Gasteiger partial charge in [-0.15, -0.1) is 11.3 Å². The number of fused-ring (bicyclic) bond motifs is 1. The van der Waals surface area contributed by atoms with E-state index in [9.17, 15) is 4.79 Å². The van der Waals surface area contributed by atoms with Gasteiger partial charge in [0, 0.05) is 6.20 Å². The van der Waals surface area contributed by atoms with Crippen molar-refractivity contribution in [2.24, 2.45) is 7.05 Å². The summed E-state index contributed by atoms with van der Waals surface area (Å²) in [6.45, 7) is 0. The number of halogens is 1. The number of thiazole rings is 1. The molecule has 0 radical (unpaired) electrons. The highest BCUT2D eigenvalue weighted by Gasteiger charge is 2.37. The molecule has 4 nitrogen and oxygen atoms in total. The van der Waals surface area contributed by atoms with E-state index in [1.165, 1.54) is 11.3 Å². The maximum atomic E-state index is 13.1. The van der Waals surface area contributed by atoms with Crippen molar-refractivity contribution in [2.45, 2.75) is 11.2 Å². The van der Waals surface area contributed by atoms with Gasteiger partial charge in [0.05, 0.1) is 17.7 Å². The molecule has 2 aromatic heterocycles. The Morgan fingerprint density at radius 3 is 2.83 bits per heavy atom. The highest BCUT2D eigenvalue weighted by atomic mass is 35.5. The van der Waals surface area contributed by atoms with Crippen molar-refractivity contribution in [1.82, 2.24) is 9.55 Å². The van der Waals surface area contributed by atoms with Gasteiger partial charge in [-0.2, -0.15) is 4.57 Å². The number of rotatable bonds is 2. The first-order valence-electron chi connectivity index (χ1n) is 7.10. The van der Waals surface area contributed by atoms with E-state index in [4.69, 9.17) is 11.6 Å². The molecule has 1 aliphatic heterocycles. The van der Waals surface area contributed by atoms with Crippen LogP contribution in [0.3, 0.4) is 0 Å². The van der Waals surface area contributed by atoms with Crippen LogP contribution in [0, 0.1) is 0 Å². The highest BCUT2D eigenvalue weighted by Crippen LogP contribution is 2.37. The van der Waals surface area contributed by atoms with E-state index in [1.54, 1.807) is 18.0 Å². The van der Waals surface area contributed by atoms with Gasteiger partial charge in [-0.3, -0.25) is 0 Å². The Morgan fingerprint density at radius 1 is 1.35 bits per heavy atom. The molecule has 1 aromatic carbocycles. The van der Waals surface area contributed by atoms with Crippen molar-refractivity contribution < 1.29 is 4.57 Å². The van der Waals surface area contributed by atoms with Crippen LogP contribution in [0.2, 0.25) is 4.47 Å². The summed E-state index contributed by atoms with van der Waals surface area (Å²) >= 11 is 9.10. The second-order valence-electron chi connectivity index (χ2n) is 5.32. The molecule has 4 rings (SSSR count). The molecule has 7 heteroatoms. The molecular weight excluding hydrogens is 350 g/mol. The first-order valence-corrected chi connectivity index (χ1v) is 9.28. The third-order valence-corrected chi connectivity index (χ3v) is 6.31.